The first-order chi connectivity index (χ1) is 6.71. The first-order valence-electron chi connectivity index (χ1n) is 4.57. The lowest BCUT2D eigenvalue weighted by Crippen LogP contribution is -2.40. The number of hydrogen-bond acceptors (Lipinski definition) is 5. The molecule has 0 aromatic rings. The van der Waals surface area contributed by atoms with E-state index in [9.17, 15) is 4.79 Å². The second kappa shape index (κ2) is 3.03. The summed E-state index contributed by atoms with van der Waals surface area (Å²) >= 11 is 0. The molecule has 1 N–H and O–H groups in total. The number of rotatable bonds is 2. The highest BCUT2D eigenvalue weighted by Gasteiger charge is 2.64. The van der Waals surface area contributed by atoms with Gasteiger partial charge in [-0.15, -0.1) is 0 Å². The van der Waals surface area contributed by atoms with Crippen LogP contribution in [-0.2, 0) is 14.3 Å². The normalized spacial score (nSPS) is 37.0. The zero-order valence-corrected chi connectivity index (χ0v) is 8.19. The lowest BCUT2D eigenvalue weighted by molar-refractivity contribution is -0.228. The molecule has 0 aromatic heterocycles. The number of methoxy groups -OCH3 is 2. The second-order valence-electron chi connectivity index (χ2n) is 3.66. The molecule has 2 atom stereocenters. The molecule has 0 aromatic carbocycles. The minimum Gasteiger partial charge on any atom is -0.411 e. The summed E-state index contributed by atoms with van der Waals surface area (Å²) in [7, 11) is 3.03. The molecule has 0 radical (unpaired) electrons. The molecule has 2 fully saturated rings. The van der Waals surface area contributed by atoms with Crippen molar-refractivity contribution in [2.45, 2.75) is 18.6 Å². The number of carbonyl (C=O) groups is 1. The van der Waals surface area contributed by atoms with Crippen LogP contribution >= 0.6 is 0 Å². The standard InChI is InChI=1S/C9H13NO4/c1-13-9(14-2)5-3-4-6(9)8(11)7(5)10-12/h5-6,12H,3-4H2,1-2H3. The van der Waals surface area contributed by atoms with Gasteiger partial charge in [-0.2, -0.15) is 0 Å². The van der Waals surface area contributed by atoms with E-state index in [1.54, 1.807) is 0 Å². The van der Waals surface area contributed by atoms with Crippen molar-refractivity contribution in [3.63, 3.8) is 0 Å². The second-order valence-corrected chi connectivity index (χ2v) is 3.66. The SMILES string of the molecule is COC1(OC)C2CCC1C(=NO)C2=O. The van der Waals surface area contributed by atoms with E-state index in [1.165, 1.54) is 14.2 Å². The molecule has 2 bridgehead atoms. The van der Waals surface area contributed by atoms with Crippen LogP contribution in [0.1, 0.15) is 12.8 Å². The molecule has 2 saturated carbocycles. The van der Waals surface area contributed by atoms with Crippen molar-refractivity contribution in [2.75, 3.05) is 14.2 Å². The topological polar surface area (TPSA) is 68.1 Å². The van der Waals surface area contributed by atoms with Gasteiger partial charge >= 0.3 is 0 Å². The van der Waals surface area contributed by atoms with Crippen molar-refractivity contribution in [2.24, 2.45) is 17.0 Å². The molecule has 0 heterocycles. The van der Waals surface area contributed by atoms with Gasteiger partial charge in [-0.1, -0.05) is 5.16 Å². The first-order valence-corrected chi connectivity index (χ1v) is 4.57. The average molecular weight is 199 g/mol. The number of ketones is 1. The Labute approximate surface area is 81.7 Å². The fourth-order valence-electron chi connectivity index (χ4n) is 2.74. The average Bonchev–Trinajstić information content (AvgIpc) is 2.68. The molecule has 0 spiro atoms. The van der Waals surface area contributed by atoms with Crippen LogP contribution in [0.4, 0.5) is 0 Å². The minimum absolute atomic E-state index is 0.146. The Hall–Kier alpha value is -0.940. The van der Waals surface area contributed by atoms with Gasteiger partial charge in [0.2, 0.25) is 0 Å². The van der Waals surface area contributed by atoms with Gasteiger partial charge < -0.3 is 14.7 Å². The van der Waals surface area contributed by atoms with Crippen LogP contribution in [0.3, 0.4) is 0 Å². The Morgan fingerprint density at radius 3 is 2.29 bits per heavy atom. The largest absolute Gasteiger partial charge is 0.411 e. The number of ether oxygens (including phenoxy) is 2. The quantitative estimate of drug-likeness (QED) is 0.397. The summed E-state index contributed by atoms with van der Waals surface area (Å²) in [6.07, 6.45) is 1.52. The van der Waals surface area contributed by atoms with Gasteiger partial charge in [-0.3, -0.25) is 4.79 Å². The Balaban J connectivity index is 2.45. The van der Waals surface area contributed by atoms with Crippen LogP contribution in [0.5, 0.6) is 0 Å². The highest BCUT2D eigenvalue weighted by molar-refractivity contribution is 6.44. The van der Waals surface area contributed by atoms with Crippen LogP contribution in [0.25, 0.3) is 0 Å². The summed E-state index contributed by atoms with van der Waals surface area (Å²) < 4.78 is 10.6. The number of hydrogen-bond donors (Lipinski definition) is 1. The molecule has 0 aliphatic heterocycles. The molecular weight excluding hydrogens is 186 g/mol. The Bertz CT molecular complexity index is 295. The van der Waals surface area contributed by atoms with E-state index in [4.69, 9.17) is 14.7 Å². The lowest BCUT2D eigenvalue weighted by Gasteiger charge is -2.29. The monoisotopic (exact) mass is 199 g/mol. The Morgan fingerprint density at radius 2 is 1.93 bits per heavy atom. The predicted molar refractivity (Wildman–Crippen MR) is 47.2 cm³/mol. The summed E-state index contributed by atoms with van der Waals surface area (Å²) in [5, 5.41) is 11.8. The molecule has 14 heavy (non-hydrogen) atoms. The fourth-order valence-corrected chi connectivity index (χ4v) is 2.74. The third kappa shape index (κ3) is 0.861. The fraction of sp³-hybridized carbons (Fsp3) is 0.778. The Kier molecular flexibility index (Phi) is 2.08. The van der Waals surface area contributed by atoms with E-state index in [1.807, 2.05) is 0 Å². The predicted octanol–water partition coefficient (Wildman–Crippen LogP) is 0.415. The van der Waals surface area contributed by atoms with Gasteiger partial charge in [0.15, 0.2) is 11.6 Å². The van der Waals surface area contributed by atoms with E-state index in [0.29, 0.717) is 0 Å². The number of nitrogens with zero attached hydrogens (tertiary/aromatic N) is 1. The maximum absolute atomic E-state index is 11.7. The van der Waals surface area contributed by atoms with Gasteiger partial charge in [-0.05, 0) is 12.8 Å². The molecular formula is C9H13NO4. The summed E-state index contributed by atoms with van der Waals surface area (Å²) in [6.45, 7) is 0. The van der Waals surface area contributed by atoms with Crippen molar-refractivity contribution in [3.8, 4) is 0 Å². The van der Waals surface area contributed by atoms with Crippen LogP contribution in [0.2, 0.25) is 0 Å². The maximum Gasteiger partial charge on any atom is 0.189 e. The molecule has 2 unspecified atom stereocenters. The summed E-state index contributed by atoms with van der Waals surface area (Å²) in [5.74, 6) is -1.57. The molecule has 2 rings (SSSR count). The van der Waals surface area contributed by atoms with Crippen molar-refractivity contribution < 1.29 is 19.5 Å². The van der Waals surface area contributed by atoms with Crippen molar-refractivity contribution in [1.29, 1.82) is 0 Å². The van der Waals surface area contributed by atoms with E-state index in [0.717, 1.165) is 12.8 Å². The number of fused-ring (bicyclic) bond motifs is 2. The van der Waals surface area contributed by atoms with Crippen LogP contribution in [-0.4, -0.2) is 36.7 Å². The van der Waals surface area contributed by atoms with Gasteiger partial charge in [0.1, 0.15) is 5.71 Å². The van der Waals surface area contributed by atoms with Crippen molar-refractivity contribution in [3.05, 3.63) is 0 Å². The molecule has 0 amide bonds. The summed E-state index contributed by atoms with van der Waals surface area (Å²) in [4.78, 5) is 11.7. The van der Waals surface area contributed by atoms with Gasteiger partial charge in [0, 0.05) is 14.2 Å². The van der Waals surface area contributed by atoms with Crippen molar-refractivity contribution >= 4 is 11.5 Å². The third-order valence-corrected chi connectivity index (χ3v) is 3.36. The molecule has 2 aliphatic carbocycles. The van der Waals surface area contributed by atoms with Gasteiger partial charge in [0.25, 0.3) is 0 Å². The van der Waals surface area contributed by atoms with Gasteiger partial charge in [-0.25, -0.2) is 0 Å². The van der Waals surface area contributed by atoms with Crippen LogP contribution < -0.4 is 0 Å². The first kappa shape index (κ1) is 9.61. The molecule has 5 heteroatoms. The van der Waals surface area contributed by atoms with Crippen LogP contribution in [0.15, 0.2) is 5.16 Å². The minimum atomic E-state index is -0.890. The zero-order valence-electron chi connectivity index (χ0n) is 8.19. The smallest absolute Gasteiger partial charge is 0.189 e. The number of Topliss-reactive ketones (excluding diaryl/α,β-unsaturated/α-hetero) is 1. The number of oxime groups is 1. The van der Waals surface area contributed by atoms with E-state index in [2.05, 4.69) is 5.16 Å². The molecule has 2 aliphatic rings. The highest BCUT2D eigenvalue weighted by atomic mass is 16.7. The van der Waals surface area contributed by atoms with Crippen LogP contribution in [0, 0.1) is 11.8 Å². The Morgan fingerprint density at radius 1 is 1.36 bits per heavy atom. The maximum atomic E-state index is 11.7. The van der Waals surface area contributed by atoms with Gasteiger partial charge in [0.05, 0.1) is 11.8 Å². The lowest BCUT2D eigenvalue weighted by atomic mass is 9.97. The van der Waals surface area contributed by atoms with E-state index in [-0.39, 0.29) is 23.3 Å². The zero-order chi connectivity index (χ0) is 10.3. The molecule has 0 saturated heterocycles. The molecule has 5 nitrogen and oxygen atoms in total. The van der Waals surface area contributed by atoms with Crippen molar-refractivity contribution in [1.82, 2.24) is 0 Å². The number of carbonyl (C=O) groups excluding carboxylic acids is 1. The summed E-state index contributed by atoms with van der Waals surface area (Å²) in [5.41, 5.74) is 0.199. The van der Waals surface area contributed by atoms with E-state index >= 15 is 0 Å². The highest BCUT2D eigenvalue weighted by Crippen LogP contribution is 2.50. The van der Waals surface area contributed by atoms with E-state index < -0.39 is 5.79 Å². The molecule has 78 valence electrons. The third-order valence-electron chi connectivity index (χ3n) is 3.36. The summed E-state index contributed by atoms with van der Waals surface area (Å²) in [6, 6.07) is 0.